The molecule has 0 saturated heterocycles. The minimum absolute atomic E-state index is 0.0634. The van der Waals surface area contributed by atoms with Crippen LogP contribution in [-0.2, 0) is 28.6 Å². The molecule has 0 spiro atoms. The lowest BCUT2D eigenvalue weighted by Gasteiger charge is -2.18. The summed E-state index contributed by atoms with van der Waals surface area (Å²) in [5, 5.41) is 0. The van der Waals surface area contributed by atoms with Crippen LogP contribution in [0.25, 0.3) is 0 Å². The molecule has 0 aromatic rings. The summed E-state index contributed by atoms with van der Waals surface area (Å²) >= 11 is 0. The van der Waals surface area contributed by atoms with Gasteiger partial charge in [-0.15, -0.1) is 0 Å². The van der Waals surface area contributed by atoms with Gasteiger partial charge in [-0.3, -0.25) is 14.4 Å². The quantitative estimate of drug-likeness (QED) is 0.0346. The van der Waals surface area contributed by atoms with E-state index in [4.69, 9.17) is 14.2 Å². The Kier molecular flexibility index (Phi) is 45.2. The average molecular weight is 821 g/mol. The van der Waals surface area contributed by atoms with E-state index < -0.39 is 6.10 Å². The van der Waals surface area contributed by atoms with Gasteiger partial charge in [-0.25, -0.2) is 0 Å². The van der Waals surface area contributed by atoms with Gasteiger partial charge in [0.05, 0.1) is 0 Å². The molecule has 0 aromatic carbocycles. The van der Waals surface area contributed by atoms with Crippen molar-refractivity contribution in [3.63, 3.8) is 0 Å². The maximum Gasteiger partial charge on any atom is 0.306 e. The van der Waals surface area contributed by atoms with Gasteiger partial charge in [0.25, 0.3) is 0 Å². The SMILES string of the molecule is CCCCCCCCCCCCCCCCCCCCCC(=O)OC[C@H](COC(=O)CCCCCCCCC)OC(=O)CCCCCCCCCCCCCC(C)C. The molecule has 0 N–H and O–H groups in total. The summed E-state index contributed by atoms with van der Waals surface area (Å²) in [5.41, 5.74) is 0. The lowest BCUT2D eigenvalue weighted by molar-refractivity contribution is -0.167. The molecule has 0 saturated carbocycles. The molecule has 0 bridgehead atoms. The maximum atomic E-state index is 12.7. The van der Waals surface area contributed by atoms with Gasteiger partial charge in [0, 0.05) is 19.3 Å². The zero-order chi connectivity index (χ0) is 42.4. The summed E-state index contributed by atoms with van der Waals surface area (Å²) < 4.78 is 16.7. The van der Waals surface area contributed by atoms with Crippen LogP contribution in [0.15, 0.2) is 0 Å². The number of ether oxygens (including phenoxy) is 3. The molecular formula is C52H100O6. The summed E-state index contributed by atoms with van der Waals surface area (Å²) in [4.78, 5) is 37.8. The zero-order valence-electron chi connectivity index (χ0n) is 39.5. The standard InChI is InChI=1S/C52H100O6/c1-5-7-9-11-13-14-15-16-17-18-19-20-21-22-25-28-32-36-40-44-51(54)57-47-49(46-56-50(53)43-39-35-30-12-10-8-6-2)58-52(55)45-41-37-33-29-26-23-24-27-31-34-38-42-48(3)4/h48-49H,5-47H2,1-4H3/t49-/m0/s1. The Morgan fingerprint density at radius 3 is 0.845 bits per heavy atom. The lowest BCUT2D eigenvalue weighted by Crippen LogP contribution is -2.30. The number of rotatable bonds is 47. The van der Waals surface area contributed by atoms with Gasteiger partial charge in [0.15, 0.2) is 6.10 Å². The first-order valence-corrected chi connectivity index (χ1v) is 25.9. The van der Waals surface area contributed by atoms with Crippen LogP contribution < -0.4 is 0 Å². The fourth-order valence-electron chi connectivity index (χ4n) is 7.86. The Morgan fingerprint density at radius 2 is 0.569 bits per heavy atom. The third-order valence-corrected chi connectivity index (χ3v) is 11.8. The van der Waals surface area contributed by atoms with Gasteiger partial charge in [0.1, 0.15) is 13.2 Å². The first-order valence-electron chi connectivity index (χ1n) is 25.9. The minimum atomic E-state index is -0.759. The second kappa shape index (κ2) is 46.5. The maximum absolute atomic E-state index is 12.7. The van der Waals surface area contributed by atoms with E-state index in [1.807, 2.05) is 0 Å². The van der Waals surface area contributed by atoms with Crippen LogP contribution in [0, 0.1) is 5.92 Å². The van der Waals surface area contributed by atoms with E-state index in [1.165, 1.54) is 186 Å². The molecular weight excluding hydrogens is 721 g/mol. The predicted octanol–water partition coefficient (Wildman–Crippen LogP) is 16.7. The Hall–Kier alpha value is -1.59. The summed E-state index contributed by atoms with van der Waals surface area (Å²) in [6.45, 7) is 8.98. The molecule has 0 aliphatic heterocycles. The number of esters is 3. The molecule has 0 radical (unpaired) electrons. The molecule has 344 valence electrons. The number of hydrogen-bond acceptors (Lipinski definition) is 6. The normalized spacial score (nSPS) is 11.9. The van der Waals surface area contributed by atoms with Crippen molar-refractivity contribution in [3.8, 4) is 0 Å². The number of carbonyl (C=O) groups is 3. The van der Waals surface area contributed by atoms with Gasteiger partial charge in [-0.1, -0.05) is 252 Å². The molecule has 0 fully saturated rings. The van der Waals surface area contributed by atoms with Crippen molar-refractivity contribution in [2.24, 2.45) is 5.92 Å². The third-order valence-electron chi connectivity index (χ3n) is 11.8. The summed E-state index contributed by atoms with van der Waals surface area (Å²) in [5.74, 6) is -0.0277. The van der Waals surface area contributed by atoms with E-state index >= 15 is 0 Å². The molecule has 6 nitrogen and oxygen atoms in total. The Bertz CT molecular complexity index is 872. The molecule has 0 rings (SSSR count). The molecule has 0 aromatic heterocycles. The first kappa shape index (κ1) is 56.4. The van der Waals surface area contributed by atoms with Crippen LogP contribution >= 0.6 is 0 Å². The lowest BCUT2D eigenvalue weighted by atomic mass is 10.0. The van der Waals surface area contributed by atoms with Crippen molar-refractivity contribution in [1.29, 1.82) is 0 Å². The van der Waals surface area contributed by atoms with E-state index in [1.54, 1.807) is 0 Å². The minimum Gasteiger partial charge on any atom is -0.462 e. The van der Waals surface area contributed by atoms with E-state index in [0.29, 0.717) is 19.3 Å². The summed E-state index contributed by atoms with van der Waals surface area (Å²) in [6, 6.07) is 0. The molecule has 0 aliphatic carbocycles. The Labute approximate surface area is 361 Å². The van der Waals surface area contributed by atoms with Crippen molar-refractivity contribution < 1.29 is 28.6 Å². The van der Waals surface area contributed by atoms with Crippen LogP contribution in [-0.4, -0.2) is 37.2 Å². The van der Waals surface area contributed by atoms with Crippen molar-refractivity contribution in [2.45, 2.75) is 297 Å². The zero-order valence-corrected chi connectivity index (χ0v) is 39.5. The molecule has 1 atom stereocenters. The predicted molar refractivity (Wildman–Crippen MR) is 247 cm³/mol. The monoisotopic (exact) mass is 821 g/mol. The highest BCUT2D eigenvalue weighted by atomic mass is 16.6. The van der Waals surface area contributed by atoms with Crippen molar-refractivity contribution in [3.05, 3.63) is 0 Å². The van der Waals surface area contributed by atoms with Crippen LogP contribution in [0.1, 0.15) is 291 Å². The fourth-order valence-corrected chi connectivity index (χ4v) is 7.86. The molecule has 58 heavy (non-hydrogen) atoms. The number of hydrogen-bond donors (Lipinski definition) is 0. The van der Waals surface area contributed by atoms with Gasteiger partial charge in [0.2, 0.25) is 0 Å². The van der Waals surface area contributed by atoms with Gasteiger partial charge < -0.3 is 14.2 Å². The van der Waals surface area contributed by atoms with Crippen molar-refractivity contribution >= 4 is 17.9 Å². The second-order valence-electron chi connectivity index (χ2n) is 18.3. The average Bonchev–Trinajstić information content (AvgIpc) is 3.21. The number of unbranched alkanes of at least 4 members (excludes halogenated alkanes) is 34. The highest BCUT2D eigenvalue weighted by Gasteiger charge is 2.19. The van der Waals surface area contributed by atoms with E-state index in [9.17, 15) is 14.4 Å². The Balaban J connectivity index is 4.17. The fraction of sp³-hybridized carbons (Fsp3) is 0.942. The summed E-state index contributed by atoms with van der Waals surface area (Å²) in [7, 11) is 0. The number of carbonyl (C=O) groups excluding carboxylic acids is 3. The van der Waals surface area contributed by atoms with Crippen molar-refractivity contribution in [2.75, 3.05) is 13.2 Å². The smallest absolute Gasteiger partial charge is 0.306 e. The third kappa shape index (κ3) is 45.5. The topological polar surface area (TPSA) is 78.9 Å². The molecule has 6 heteroatoms. The second-order valence-corrected chi connectivity index (χ2v) is 18.3. The van der Waals surface area contributed by atoms with Crippen LogP contribution in [0.5, 0.6) is 0 Å². The molecule has 0 heterocycles. The van der Waals surface area contributed by atoms with Gasteiger partial charge >= 0.3 is 17.9 Å². The first-order chi connectivity index (χ1) is 28.4. The highest BCUT2D eigenvalue weighted by Crippen LogP contribution is 2.17. The largest absolute Gasteiger partial charge is 0.462 e. The van der Waals surface area contributed by atoms with Crippen molar-refractivity contribution in [1.82, 2.24) is 0 Å². The molecule has 0 aliphatic rings. The van der Waals surface area contributed by atoms with Gasteiger partial charge in [-0.05, 0) is 25.2 Å². The highest BCUT2D eigenvalue weighted by molar-refractivity contribution is 5.71. The molecule has 0 amide bonds. The van der Waals surface area contributed by atoms with Gasteiger partial charge in [-0.2, -0.15) is 0 Å². The van der Waals surface area contributed by atoms with E-state index in [-0.39, 0.29) is 31.1 Å². The Morgan fingerprint density at radius 1 is 0.328 bits per heavy atom. The van der Waals surface area contributed by atoms with Crippen LogP contribution in [0.2, 0.25) is 0 Å². The van der Waals surface area contributed by atoms with Crippen LogP contribution in [0.3, 0.4) is 0 Å². The van der Waals surface area contributed by atoms with E-state index in [0.717, 1.165) is 63.7 Å². The summed E-state index contributed by atoms with van der Waals surface area (Å²) in [6.07, 6.45) is 48.2. The van der Waals surface area contributed by atoms with E-state index in [2.05, 4.69) is 27.7 Å². The van der Waals surface area contributed by atoms with Crippen LogP contribution in [0.4, 0.5) is 0 Å². The molecule has 0 unspecified atom stereocenters.